The Kier molecular flexibility index (Phi) is 11.0. The molecule has 0 aliphatic carbocycles. The fraction of sp³-hybridized carbons (Fsp3) is 0.226. The normalized spacial score (nSPS) is 11.6. The maximum atomic E-state index is 13.4. The van der Waals surface area contributed by atoms with E-state index in [0.717, 1.165) is 22.9 Å². The van der Waals surface area contributed by atoms with Crippen LogP contribution in [0.2, 0.25) is 0 Å². The number of hydrogen-bond donors (Lipinski definition) is 1. The molecule has 4 aromatic rings. The maximum Gasteiger partial charge on any atom is 1.00 e. The number of aryl methyl sites for hydroxylation is 1. The Bertz CT molecular complexity index is 1970. The van der Waals surface area contributed by atoms with E-state index < -0.39 is 50.3 Å². The van der Waals surface area contributed by atoms with Gasteiger partial charge in [0.25, 0.3) is 0 Å². The molecule has 1 N–H and O–H groups in total. The molecule has 250 valence electrons. The molecular formula is C31H28CuN5O9S-2. The van der Waals surface area contributed by atoms with E-state index in [-0.39, 0.29) is 62.6 Å². The van der Waals surface area contributed by atoms with Gasteiger partial charge in [0, 0.05) is 5.56 Å². The van der Waals surface area contributed by atoms with E-state index in [2.05, 4.69) is 20.0 Å². The summed E-state index contributed by atoms with van der Waals surface area (Å²) in [6.45, 7) is 9.02. The summed E-state index contributed by atoms with van der Waals surface area (Å²) in [5.74, 6) is -5.07. The van der Waals surface area contributed by atoms with Crippen LogP contribution in [0.1, 0.15) is 70.0 Å². The molecule has 0 radical (unpaired) electrons. The fourth-order valence-corrected chi connectivity index (χ4v) is 5.35. The van der Waals surface area contributed by atoms with Crippen LogP contribution in [0.3, 0.4) is 0 Å². The first-order valence-electron chi connectivity index (χ1n) is 13.7. The van der Waals surface area contributed by atoms with Crippen LogP contribution in [0.5, 0.6) is 11.6 Å². The number of aromatic hydroxyl groups is 1. The minimum absolute atomic E-state index is 0. The zero-order valence-corrected chi connectivity index (χ0v) is 27.4. The van der Waals surface area contributed by atoms with Gasteiger partial charge in [0.15, 0.2) is 5.69 Å². The summed E-state index contributed by atoms with van der Waals surface area (Å²) < 4.78 is 36.7. The van der Waals surface area contributed by atoms with Crippen LogP contribution in [-0.4, -0.2) is 47.8 Å². The fourth-order valence-electron chi connectivity index (χ4n) is 4.28. The molecular weight excluding hydrogens is 682 g/mol. The molecule has 4 rings (SSSR count). The molecule has 1 heterocycles. The molecule has 0 unspecified atom stereocenters. The van der Waals surface area contributed by atoms with Crippen molar-refractivity contribution in [2.24, 2.45) is 10.2 Å². The third kappa shape index (κ3) is 8.03. The molecule has 1 amide bonds. The molecule has 0 saturated carbocycles. The third-order valence-corrected chi connectivity index (χ3v) is 7.90. The average Bonchev–Trinajstić information content (AvgIpc) is 3.27. The number of hydrogen-bond acceptors (Lipinski definition) is 12. The number of benzene rings is 3. The van der Waals surface area contributed by atoms with Crippen molar-refractivity contribution in [3.8, 4) is 17.3 Å². The largest absolute Gasteiger partial charge is 1.00 e. The average molecular weight is 710 g/mol. The van der Waals surface area contributed by atoms with Gasteiger partial charge in [0.05, 0.1) is 46.4 Å². The molecule has 14 nitrogen and oxygen atoms in total. The molecule has 0 aliphatic heterocycles. The molecule has 0 bridgehead atoms. The number of rotatable bonds is 10. The molecule has 0 spiro atoms. The van der Waals surface area contributed by atoms with E-state index in [1.165, 1.54) is 43.3 Å². The van der Waals surface area contributed by atoms with Crippen LogP contribution in [-0.2, 0) is 32.5 Å². The number of carboxylic acid groups (broad SMARTS) is 2. The Morgan fingerprint density at radius 2 is 1.60 bits per heavy atom. The van der Waals surface area contributed by atoms with E-state index in [1.54, 1.807) is 13.0 Å². The minimum atomic E-state index is -4.55. The summed E-state index contributed by atoms with van der Waals surface area (Å²) in [5, 5.41) is 45.7. The van der Waals surface area contributed by atoms with Gasteiger partial charge in [-0.15, -0.1) is 10.2 Å². The first-order valence-corrected chi connectivity index (χ1v) is 15.1. The minimum Gasteiger partial charge on any atom is -0.545 e. The predicted octanol–water partition coefficient (Wildman–Crippen LogP) is 3.63. The summed E-state index contributed by atoms with van der Waals surface area (Å²) in [5.41, 5.74) is -1.30. The molecule has 0 saturated heterocycles. The SMILES string of the molecule is CCOc1ccc(C(C)(C)C)cc1S(=O)(=O)[N-]C(=O)c1ccccc1N=Nc1c(C)nn(-c2cc(C(=O)[O-])cc(C(=O)[O-])c2)c1O.[Cu+]. The van der Waals surface area contributed by atoms with Gasteiger partial charge in [0.1, 0.15) is 15.8 Å². The van der Waals surface area contributed by atoms with Crippen molar-refractivity contribution in [1.82, 2.24) is 9.78 Å². The maximum absolute atomic E-state index is 13.4. The summed E-state index contributed by atoms with van der Waals surface area (Å²) in [6.07, 6.45) is 0. The van der Waals surface area contributed by atoms with Crippen molar-refractivity contribution in [2.75, 3.05) is 6.61 Å². The Morgan fingerprint density at radius 3 is 2.17 bits per heavy atom. The number of nitrogens with zero attached hydrogens (tertiary/aromatic N) is 5. The summed E-state index contributed by atoms with van der Waals surface area (Å²) in [7, 11) is -4.55. The van der Waals surface area contributed by atoms with Gasteiger partial charge in [-0.25, -0.2) is 8.42 Å². The van der Waals surface area contributed by atoms with Gasteiger partial charge in [0.2, 0.25) is 5.88 Å². The summed E-state index contributed by atoms with van der Waals surface area (Å²) >= 11 is 0. The topological polar surface area (TPSA) is 218 Å². The number of carbonyl (C=O) groups excluding carboxylic acids is 3. The van der Waals surface area contributed by atoms with Crippen LogP contribution < -0.4 is 14.9 Å². The van der Waals surface area contributed by atoms with Crippen LogP contribution >= 0.6 is 0 Å². The van der Waals surface area contributed by atoms with Crippen molar-refractivity contribution in [3.63, 3.8) is 0 Å². The zero-order chi connectivity index (χ0) is 34.0. The summed E-state index contributed by atoms with van der Waals surface area (Å²) in [4.78, 5) is 35.8. The quantitative estimate of drug-likeness (QED) is 0.186. The van der Waals surface area contributed by atoms with Crippen molar-refractivity contribution in [2.45, 2.75) is 44.9 Å². The third-order valence-electron chi connectivity index (χ3n) is 6.62. The number of aromatic carboxylic acids is 2. The molecule has 16 heteroatoms. The monoisotopic (exact) mass is 709 g/mol. The Morgan fingerprint density at radius 1 is 0.979 bits per heavy atom. The van der Waals surface area contributed by atoms with Crippen molar-refractivity contribution < 1.29 is 59.9 Å². The second kappa shape index (κ2) is 14.2. The summed E-state index contributed by atoms with van der Waals surface area (Å²) in [6, 6.07) is 13.2. The number of amides is 1. The number of sulfonamides is 1. The van der Waals surface area contributed by atoms with Crippen LogP contribution in [0.4, 0.5) is 11.4 Å². The number of carbonyl (C=O) groups is 3. The van der Waals surface area contributed by atoms with E-state index in [0.29, 0.717) is 5.56 Å². The zero-order valence-electron chi connectivity index (χ0n) is 25.6. The number of azo groups is 1. The smallest absolute Gasteiger partial charge is 0.545 e. The molecule has 0 fully saturated rings. The number of aromatic nitrogens is 2. The van der Waals surface area contributed by atoms with Gasteiger partial charge < -0.3 is 39.2 Å². The van der Waals surface area contributed by atoms with Gasteiger partial charge in [-0.3, -0.25) is 0 Å². The van der Waals surface area contributed by atoms with E-state index in [4.69, 9.17) is 4.74 Å². The van der Waals surface area contributed by atoms with Crippen LogP contribution in [0, 0.1) is 6.92 Å². The first-order chi connectivity index (χ1) is 21.5. The van der Waals surface area contributed by atoms with Crippen molar-refractivity contribution in [1.29, 1.82) is 0 Å². The molecule has 0 atom stereocenters. The molecule has 1 aromatic heterocycles. The van der Waals surface area contributed by atoms with E-state index in [9.17, 15) is 38.1 Å². The van der Waals surface area contributed by atoms with Crippen molar-refractivity contribution >= 4 is 39.2 Å². The molecule has 47 heavy (non-hydrogen) atoms. The molecule has 3 aromatic carbocycles. The number of carboxylic acids is 2. The number of ether oxygens (including phenoxy) is 1. The second-order valence-corrected chi connectivity index (χ2v) is 12.5. The van der Waals surface area contributed by atoms with Gasteiger partial charge in [-0.1, -0.05) is 45.0 Å². The van der Waals surface area contributed by atoms with E-state index in [1.807, 2.05) is 20.8 Å². The first kappa shape index (κ1) is 36.4. The molecule has 0 aliphatic rings. The predicted molar refractivity (Wildman–Crippen MR) is 160 cm³/mol. The Hall–Kier alpha value is -5.05. The standard InChI is InChI=1S/C31H31N5O9S.Cu/c1-6-45-24-12-11-20(31(3,4)5)16-25(24)46(43,44)35-27(37)22-9-7-8-10-23(22)32-33-26-17(2)34-36(28(26)38)21-14-18(29(39)40)13-19(15-21)30(41)42;/h7-16H,6H2,1-5H3,(H4,32,34,35,37,38,39,40,41,42);/q;+1/p-3. The van der Waals surface area contributed by atoms with Gasteiger partial charge in [-0.05, 0) is 72.4 Å². The second-order valence-electron chi connectivity index (χ2n) is 10.9. The Balaban J connectivity index is 0.00000600. The van der Waals surface area contributed by atoms with Crippen molar-refractivity contribution in [3.05, 3.63) is 93.3 Å². The van der Waals surface area contributed by atoms with Gasteiger partial charge >= 0.3 is 17.1 Å². The van der Waals surface area contributed by atoms with Crippen LogP contribution in [0.15, 0.2) is 75.8 Å². The van der Waals surface area contributed by atoms with Gasteiger partial charge in [-0.2, -0.15) is 9.78 Å². The van der Waals surface area contributed by atoms with E-state index >= 15 is 0 Å². The van der Waals surface area contributed by atoms with Crippen LogP contribution in [0.25, 0.3) is 10.4 Å². The Labute approximate surface area is 280 Å².